The SMILES string of the molecule is CC.Cc1ccccc1/C(C1=CCN(C)CC1)=C(\OC=O)C(C)n1nc(C)c2c(N)ncnc21. The quantitative estimate of drug-likeness (QED) is 0.426. The van der Waals surface area contributed by atoms with Crippen LogP contribution in [0.1, 0.15) is 50.1 Å². The number of likely N-dealkylation sites (N-methyl/N-ethyl adjacent to an activating group) is 1. The van der Waals surface area contributed by atoms with Gasteiger partial charge in [0.15, 0.2) is 5.65 Å². The third kappa shape index (κ3) is 4.87. The molecule has 0 saturated heterocycles. The molecule has 2 N–H and O–H groups in total. The fourth-order valence-corrected chi connectivity index (χ4v) is 4.28. The molecule has 8 nitrogen and oxygen atoms in total. The van der Waals surface area contributed by atoms with E-state index in [1.807, 2.05) is 39.8 Å². The second-order valence-corrected chi connectivity index (χ2v) is 8.17. The Balaban J connectivity index is 0.00000158. The van der Waals surface area contributed by atoms with Gasteiger partial charge in [-0.3, -0.25) is 4.79 Å². The van der Waals surface area contributed by atoms with Gasteiger partial charge in [0.25, 0.3) is 6.47 Å². The summed E-state index contributed by atoms with van der Waals surface area (Å²) in [5.74, 6) is 0.914. The highest BCUT2D eigenvalue weighted by molar-refractivity contribution is 5.88. The molecule has 0 saturated carbocycles. The predicted octanol–water partition coefficient (Wildman–Crippen LogP) is 4.46. The van der Waals surface area contributed by atoms with Gasteiger partial charge in [-0.2, -0.15) is 5.10 Å². The second-order valence-electron chi connectivity index (χ2n) is 8.17. The summed E-state index contributed by atoms with van der Waals surface area (Å²) in [5.41, 5.74) is 11.7. The normalized spacial score (nSPS) is 15.6. The van der Waals surface area contributed by atoms with E-state index in [1.165, 1.54) is 6.33 Å². The molecule has 0 fully saturated rings. The van der Waals surface area contributed by atoms with Crippen LogP contribution in [0.25, 0.3) is 16.6 Å². The van der Waals surface area contributed by atoms with Gasteiger partial charge in [0.2, 0.25) is 0 Å². The fraction of sp³-hybridized carbons (Fsp3) is 0.385. The van der Waals surface area contributed by atoms with Crippen molar-refractivity contribution in [1.82, 2.24) is 24.6 Å². The first-order valence-corrected chi connectivity index (χ1v) is 11.7. The molecule has 0 aliphatic carbocycles. The smallest absolute Gasteiger partial charge is 0.298 e. The first-order chi connectivity index (χ1) is 16.4. The Hall–Kier alpha value is -3.52. The first-order valence-electron chi connectivity index (χ1n) is 11.7. The van der Waals surface area contributed by atoms with Crippen LogP contribution < -0.4 is 5.73 Å². The van der Waals surface area contributed by atoms with E-state index in [4.69, 9.17) is 10.5 Å². The van der Waals surface area contributed by atoms with Crippen LogP contribution in [0.4, 0.5) is 5.82 Å². The minimum Gasteiger partial charge on any atom is -0.430 e. The predicted molar refractivity (Wildman–Crippen MR) is 136 cm³/mol. The van der Waals surface area contributed by atoms with Crippen molar-refractivity contribution in [2.75, 3.05) is 25.9 Å². The lowest BCUT2D eigenvalue weighted by atomic mass is 9.88. The van der Waals surface area contributed by atoms with Crippen LogP contribution in [0.2, 0.25) is 0 Å². The summed E-state index contributed by atoms with van der Waals surface area (Å²) in [6.45, 7) is 12.1. The van der Waals surface area contributed by atoms with Crippen LogP contribution in [0.5, 0.6) is 0 Å². The van der Waals surface area contributed by atoms with Gasteiger partial charge >= 0.3 is 0 Å². The lowest BCUT2D eigenvalue weighted by Crippen LogP contribution is -2.25. The third-order valence-electron chi connectivity index (χ3n) is 6.01. The van der Waals surface area contributed by atoms with E-state index in [2.05, 4.69) is 52.1 Å². The van der Waals surface area contributed by atoms with Crippen LogP contribution in [-0.4, -0.2) is 51.3 Å². The van der Waals surface area contributed by atoms with E-state index in [1.54, 1.807) is 4.68 Å². The van der Waals surface area contributed by atoms with Crippen molar-refractivity contribution >= 4 is 28.9 Å². The van der Waals surface area contributed by atoms with E-state index < -0.39 is 6.04 Å². The molecule has 1 unspecified atom stereocenters. The molecule has 3 aromatic rings. The van der Waals surface area contributed by atoms with Gasteiger partial charge in [-0.15, -0.1) is 0 Å². The average molecular weight is 463 g/mol. The molecule has 0 radical (unpaired) electrons. The van der Waals surface area contributed by atoms with E-state index in [0.29, 0.717) is 29.1 Å². The molecular formula is C26H34N6O2. The summed E-state index contributed by atoms with van der Waals surface area (Å²) in [7, 11) is 2.10. The molecule has 1 atom stereocenters. The van der Waals surface area contributed by atoms with Crippen molar-refractivity contribution in [3.8, 4) is 0 Å². The summed E-state index contributed by atoms with van der Waals surface area (Å²) in [6.07, 6.45) is 4.49. The van der Waals surface area contributed by atoms with Gasteiger partial charge in [0.1, 0.15) is 23.9 Å². The number of aromatic nitrogens is 4. The maximum Gasteiger partial charge on any atom is 0.298 e. The van der Waals surface area contributed by atoms with Crippen molar-refractivity contribution in [2.45, 2.75) is 47.1 Å². The van der Waals surface area contributed by atoms with Crippen molar-refractivity contribution in [2.24, 2.45) is 0 Å². The summed E-state index contributed by atoms with van der Waals surface area (Å²) >= 11 is 0. The summed E-state index contributed by atoms with van der Waals surface area (Å²) in [4.78, 5) is 22.4. The maximum absolute atomic E-state index is 11.7. The highest BCUT2D eigenvalue weighted by Gasteiger charge is 2.27. The van der Waals surface area contributed by atoms with Crippen molar-refractivity contribution in [3.05, 3.63) is 64.8 Å². The van der Waals surface area contributed by atoms with E-state index >= 15 is 0 Å². The highest BCUT2D eigenvalue weighted by atomic mass is 16.5. The lowest BCUT2D eigenvalue weighted by molar-refractivity contribution is -0.125. The first kappa shape index (κ1) is 25.1. The number of anilines is 1. The van der Waals surface area contributed by atoms with Crippen LogP contribution >= 0.6 is 0 Å². The number of benzene rings is 1. The molecule has 0 bridgehead atoms. The number of ether oxygens (including phenoxy) is 1. The molecule has 8 heteroatoms. The lowest BCUT2D eigenvalue weighted by Gasteiger charge is -2.27. The Morgan fingerprint density at radius 2 is 1.94 bits per heavy atom. The topological polar surface area (TPSA) is 99.2 Å². The van der Waals surface area contributed by atoms with Crippen LogP contribution in [0, 0.1) is 13.8 Å². The van der Waals surface area contributed by atoms with E-state index in [9.17, 15) is 4.79 Å². The molecule has 3 heterocycles. The number of carbonyl (C=O) groups excluding carboxylic acids is 1. The number of nitrogens with zero attached hydrogens (tertiary/aromatic N) is 5. The molecule has 1 aliphatic heterocycles. The van der Waals surface area contributed by atoms with E-state index in [-0.39, 0.29) is 0 Å². The Kier molecular flexibility index (Phi) is 8.17. The van der Waals surface area contributed by atoms with Crippen molar-refractivity contribution < 1.29 is 9.53 Å². The van der Waals surface area contributed by atoms with Crippen LogP contribution in [0.15, 0.2) is 48.0 Å². The maximum atomic E-state index is 11.7. The Morgan fingerprint density at radius 1 is 1.21 bits per heavy atom. The number of carbonyl (C=O) groups is 1. The Morgan fingerprint density at radius 3 is 2.59 bits per heavy atom. The second kappa shape index (κ2) is 11.1. The van der Waals surface area contributed by atoms with Crippen LogP contribution in [0.3, 0.4) is 0 Å². The Bertz CT molecular complexity index is 1230. The van der Waals surface area contributed by atoms with Gasteiger partial charge in [-0.1, -0.05) is 44.2 Å². The molecule has 0 spiro atoms. The average Bonchev–Trinajstić information content (AvgIpc) is 3.19. The summed E-state index contributed by atoms with van der Waals surface area (Å²) in [5, 5.41) is 5.39. The Labute approximate surface area is 201 Å². The standard InChI is InChI=1S/C24H28N6O2.C2H6/c1-15-7-5-6-8-19(15)21(18-9-11-29(4)12-10-18)22(32-14-31)17(3)30-24-20(16(2)28-30)23(25)26-13-27-24;1-2/h5-9,13-14,17H,10-12H2,1-4H3,(H2,25,26,27);1-2H3/b22-21-;. The molecular weight excluding hydrogens is 428 g/mol. The molecule has 2 aromatic heterocycles. The molecule has 34 heavy (non-hydrogen) atoms. The zero-order valence-corrected chi connectivity index (χ0v) is 20.9. The van der Waals surface area contributed by atoms with Gasteiger partial charge in [-0.25, -0.2) is 14.6 Å². The summed E-state index contributed by atoms with van der Waals surface area (Å²) < 4.78 is 7.47. The number of nitrogens with two attached hydrogens (primary N) is 1. The minimum atomic E-state index is -0.402. The van der Waals surface area contributed by atoms with Gasteiger partial charge < -0.3 is 15.4 Å². The highest BCUT2D eigenvalue weighted by Crippen LogP contribution is 2.38. The number of aryl methyl sites for hydroxylation is 2. The number of allylic oxidation sites excluding steroid dienone is 2. The number of rotatable bonds is 6. The summed E-state index contributed by atoms with van der Waals surface area (Å²) in [6, 6.07) is 7.74. The monoisotopic (exact) mass is 462 g/mol. The number of hydrogen-bond acceptors (Lipinski definition) is 7. The molecule has 4 rings (SSSR count). The minimum absolute atomic E-state index is 0.380. The molecule has 1 aromatic carbocycles. The number of nitrogen functional groups attached to an aromatic ring is 1. The number of fused-ring (bicyclic) bond motifs is 1. The van der Waals surface area contributed by atoms with Crippen molar-refractivity contribution in [3.63, 3.8) is 0 Å². The van der Waals surface area contributed by atoms with Crippen molar-refractivity contribution in [1.29, 1.82) is 0 Å². The number of hydrogen-bond donors (Lipinski definition) is 1. The largest absolute Gasteiger partial charge is 0.430 e. The zero-order chi connectivity index (χ0) is 24.8. The third-order valence-corrected chi connectivity index (χ3v) is 6.01. The van der Waals surface area contributed by atoms with Crippen LogP contribution in [-0.2, 0) is 9.53 Å². The molecule has 0 amide bonds. The molecule has 180 valence electrons. The van der Waals surface area contributed by atoms with Gasteiger partial charge in [-0.05, 0) is 50.9 Å². The molecule has 1 aliphatic rings. The van der Waals surface area contributed by atoms with E-state index in [0.717, 1.165) is 47.5 Å². The van der Waals surface area contributed by atoms with Gasteiger partial charge in [0.05, 0.1) is 11.1 Å². The van der Waals surface area contributed by atoms with Gasteiger partial charge in [0, 0.05) is 18.7 Å². The fourth-order valence-electron chi connectivity index (χ4n) is 4.28. The zero-order valence-electron chi connectivity index (χ0n) is 20.9.